The number of hydrogen-bond acceptors (Lipinski definition) is 4. The Hall–Kier alpha value is -3.80. The highest BCUT2D eigenvalue weighted by Crippen LogP contribution is 2.30. The predicted molar refractivity (Wildman–Crippen MR) is 114 cm³/mol. The van der Waals surface area contributed by atoms with Crippen LogP contribution in [0.15, 0.2) is 77.8 Å². The van der Waals surface area contributed by atoms with Crippen LogP contribution in [0, 0.1) is 5.82 Å². The third kappa shape index (κ3) is 4.93. The van der Waals surface area contributed by atoms with Crippen LogP contribution < -0.4 is 11.1 Å². The molecule has 0 radical (unpaired) electrons. The number of rotatable bonds is 6. The van der Waals surface area contributed by atoms with Crippen LogP contribution in [0.5, 0.6) is 11.5 Å². The fraction of sp³-hybridized carbons (Fsp3) is 0.0870. The fourth-order valence-electron chi connectivity index (χ4n) is 2.87. The van der Waals surface area contributed by atoms with Gasteiger partial charge >= 0.3 is 0 Å². The van der Waals surface area contributed by atoms with Gasteiger partial charge in [-0.1, -0.05) is 36.4 Å². The van der Waals surface area contributed by atoms with Crippen LogP contribution in [0.1, 0.15) is 11.1 Å². The highest BCUT2D eigenvalue weighted by molar-refractivity contribution is 5.98. The summed E-state index contributed by atoms with van der Waals surface area (Å²) in [4.78, 5) is 4.22. The Morgan fingerprint density at radius 2 is 1.72 bits per heavy atom. The summed E-state index contributed by atoms with van der Waals surface area (Å²) in [6.07, 6.45) is 1.59. The number of halogens is 1. The van der Waals surface area contributed by atoms with Gasteiger partial charge in [-0.2, -0.15) is 0 Å². The van der Waals surface area contributed by atoms with Gasteiger partial charge < -0.3 is 21.3 Å². The summed E-state index contributed by atoms with van der Waals surface area (Å²) in [6.45, 7) is 0.117. The van der Waals surface area contributed by atoms with Gasteiger partial charge in [0.1, 0.15) is 23.2 Å². The lowest BCUT2D eigenvalue weighted by Crippen LogP contribution is -2.14. The number of aromatic hydroxyl groups is 2. The van der Waals surface area contributed by atoms with E-state index >= 15 is 0 Å². The number of nitrogens with zero attached hydrogens (tertiary/aromatic N) is 1. The third-order valence-corrected chi connectivity index (χ3v) is 4.44. The van der Waals surface area contributed by atoms with Crippen molar-refractivity contribution >= 4 is 11.5 Å². The number of nitrogens with one attached hydrogen (secondary N) is 1. The van der Waals surface area contributed by atoms with Gasteiger partial charge in [0.25, 0.3) is 0 Å². The first-order valence-electron chi connectivity index (χ1n) is 9.03. The highest BCUT2D eigenvalue weighted by atomic mass is 19.1. The van der Waals surface area contributed by atoms with Crippen molar-refractivity contribution in [2.24, 2.45) is 10.7 Å². The largest absolute Gasteiger partial charge is 0.508 e. The Balaban J connectivity index is 1.90. The average molecular weight is 391 g/mol. The van der Waals surface area contributed by atoms with Crippen LogP contribution in [-0.4, -0.2) is 23.1 Å². The van der Waals surface area contributed by atoms with Crippen molar-refractivity contribution in [3.63, 3.8) is 0 Å². The second kappa shape index (κ2) is 8.93. The summed E-state index contributed by atoms with van der Waals surface area (Å²) in [5.74, 6) is 0.130. The Morgan fingerprint density at radius 3 is 2.41 bits per heavy atom. The van der Waals surface area contributed by atoms with Crippen molar-refractivity contribution in [3.8, 4) is 22.6 Å². The Morgan fingerprint density at radius 1 is 1.03 bits per heavy atom. The Labute approximate surface area is 168 Å². The summed E-state index contributed by atoms with van der Waals surface area (Å²) < 4.78 is 13.7. The van der Waals surface area contributed by atoms with Gasteiger partial charge in [-0.05, 0) is 41.5 Å². The summed E-state index contributed by atoms with van der Waals surface area (Å²) in [6, 6.07) is 18.4. The van der Waals surface area contributed by atoms with E-state index in [2.05, 4.69) is 10.3 Å². The van der Waals surface area contributed by atoms with Crippen molar-refractivity contribution in [2.45, 2.75) is 6.54 Å². The number of benzene rings is 3. The molecule has 0 fully saturated rings. The minimum atomic E-state index is -0.332. The van der Waals surface area contributed by atoms with Gasteiger partial charge in [-0.15, -0.1) is 0 Å². The zero-order valence-electron chi connectivity index (χ0n) is 15.9. The molecule has 0 saturated heterocycles. The summed E-state index contributed by atoms with van der Waals surface area (Å²) in [7, 11) is 1.71. The van der Waals surface area contributed by atoms with Crippen LogP contribution >= 0.6 is 0 Å². The maximum Gasteiger partial charge on any atom is 0.128 e. The van der Waals surface area contributed by atoms with E-state index in [1.807, 2.05) is 6.07 Å². The van der Waals surface area contributed by atoms with E-state index in [1.165, 1.54) is 6.07 Å². The molecule has 0 aliphatic carbocycles. The number of hydrogen-bond donors (Lipinski definition) is 4. The molecule has 0 aliphatic rings. The second-order valence-corrected chi connectivity index (χ2v) is 6.42. The molecule has 0 aromatic heterocycles. The molecule has 0 spiro atoms. The molecule has 5 N–H and O–H groups in total. The number of amidine groups is 1. The molecule has 0 aliphatic heterocycles. The van der Waals surface area contributed by atoms with Gasteiger partial charge in [0, 0.05) is 29.9 Å². The smallest absolute Gasteiger partial charge is 0.128 e. The average Bonchev–Trinajstić information content (AvgIpc) is 2.72. The first kappa shape index (κ1) is 19.9. The molecule has 3 aromatic carbocycles. The number of phenols is 2. The van der Waals surface area contributed by atoms with Crippen molar-refractivity contribution in [1.29, 1.82) is 0 Å². The Bertz CT molecular complexity index is 1060. The molecular formula is C23H22FN3O2. The van der Waals surface area contributed by atoms with Crippen molar-refractivity contribution in [2.75, 3.05) is 7.05 Å². The van der Waals surface area contributed by atoms with Crippen LogP contribution in [-0.2, 0) is 6.54 Å². The van der Waals surface area contributed by atoms with Crippen molar-refractivity contribution in [3.05, 3.63) is 89.8 Å². The molecule has 0 bridgehead atoms. The molecule has 0 amide bonds. The number of phenolic OH excluding ortho intramolecular Hbond substituents is 2. The van der Waals surface area contributed by atoms with Gasteiger partial charge in [0.15, 0.2) is 0 Å². The quantitative estimate of drug-likeness (QED) is 0.377. The van der Waals surface area contributed by atoms with E-state index in [-0.39, 0.29) is 29.7 Å². The van der Waals surface area contributed by atoms with Gasteiger partial charge in [-0.3, -0.25) is 4.99 Å². The van der Waals surface area contributed by atoms with E-state index in [4.69, 9.17) is 5.73 Å². The van der Waals surface area contributed by atoms with E-state index in [9.17, 15) is 14.6 Å². The van der Waals surface area contributed by atoms with Crippen molar-refractivity contribution < 1.29 is 14.6 Å². The fourth-order valence-corrected chi connectivity index (χ4v) is 2.87. The molecule has 0 heterocycles. The first-order valence-corrected chi connectivity index (χ1v) is 9.03. The number of aliphatic imine (C=N–C) groups is 1. The zero-order valence-corrected chi connectivity index (χ0v) is 15.9. The maximum atomic E-state index is 13.7. The summed E-state index contributed by atoms with van der Waals surface area (Å²) in [5, 5.41) is 22.8. The molecule has 3 rings (SSSR count). The predicted octanol–water partition coefficient (Wildman–Crippen LogP) is 4.02. The maximum absolute atomic E-state index is 13.7. The SMILES string of the molecule is CN/C(=C\C(N)=NCc1ccccc1F)c1cc(-c2ccc(O)cc2)ccc1O. The lowest BCUT2D eigenvalue weighted by atomic mass is 10.0. The Kier molecular flexibility index (Phi) is 6.14. The van der Waals surface area contributed by atoms with E-state index in [0.29, 0.717) is 16.8 Å². The standard InChI is InChI=1S/C23H22FN3O2/c1-26-21(13-23(25)27-14-17-4-2-3-5-20(17)24)19-12-16(8-11-22(19)29)15-6-9-18(28)10-7-15/h2-13,26,28-29H,14H2,1H3,(H2,25,27)/b21-13-. The molecule has 148 valence electrons. The van der Waals surface area contributed by atoms with E-state index in [1.54, 1.807) is 67.7 Å². The minimum Gasteiger partial charge on any atom is -0.508 e. The van der Waals surface area contributed by atoms with E-state index in [0.717, 1.165) is 11.1 Å². The van der Waals surface area contributed by atoms with Gasteiger partial charge in [0.05, 0.1) is 6.54 Å². The first-order chi connectivity index (χ1) is 14.0. The molecule has 29 heavy (non-hydrogen) atoms. The molecule has 0 saturated carbocycles. The van der Waals surface area contributed by atoms with Gasteiger partial charge in [-0.25, -0.2) is 4.39 Å². The molecule has 6 heteroatoms. The lowest BCUT2D eigenvalue weighted by Gasteiger charge is -2.12. The van der Waals surface area contributed by atoms with Crippen LogP contribution in [0.25, 0.3) is 16.8 Å². The van der Waals surface area contributed by atoms with Crippen LogP contribution in [0.2, 0.25) is 0 Å². The topological polar surface area (TPSA) is 90.9 Å². The van der Waals surface area contributed by atoms with Crippen LogP contribution in [0.4, 0.5) is 4.39 Å². The lowest BCUT2D eigenvalue weighted by molar-refractivity contribution is 0.473. The second-order valence-electron chi connectivity index (χ2n) is 6.42. The third-order valence-electron chi connectivity index (χ3n) is 4.44. The minimum absolute atomic E-state index is 0.0787. The highest BCUT2D eigenvalue weighted by Gasteiger charge is 2.10. The molecule has 3 aromatic rings. The van der Waals surface area contributed by atoms with Crippen LogP contribution in [0.3, 0.4) is 0 Å². The molecule has 0 atom stereocenters. The summed E-state index contributed by atoms with van der Waals surface area (Å²) in [5.41, 5.74) is 9.32. The number of nitrogens with two attached hydrogens (primary N) is 1. The molecule has 0 unspecified atom stereocenters. The van der Waals surface area contributed by atoms with Crippen molar-refractivity contribution in [1.82, 2.24) is 5.32 Å². The molecular weight excluding hydrogens is 369 g/mol. The monoisotopic (exact) mass is 391 g/mol. The normalized spacial score (nSPS) is 12.1. The molecule has 5 nitrogen and oxygen atoms in total. The zero-order chi connectivity index (χ0) is 20.8. The van der Waals surface area contributed by atoms with Gasteiger partial charge in [0.2, 0.25) is 0 Å². The van der Waals surface area contributed by atoms with E-state index < -0.39 is 0 Å². The summed E-state index contributed by atoms with van der Waals surface area (Å²) >= 11 is 0.